The molecule has 3 heterocycles. The zero-order chi connectivity index (χ0) is 25.1. The fourth-order valence-corrected chi connectivity index (χ4v) is 5.47. The molecule has 0 amide bonds. The van der Waals surface area contributed by atoms with Gasteiger partial charge in [-0.1, -0.05) is 13.8 Å². The van der Waals surface area contributed by atoms with E-state index in [0.717, 1.165) is 40.5 Å². The maximum atomic E-state index is 14.6. The van der Waals surface area contributed by atoms with Crippen LogP contribution in [-0.2, 0) is 9.91 Å². The predicted octanol–water partition coefficient (Wildman–Crippen LogP) is 4.14. The molecule has 5 rings (SSSR count). The third kappa shape index (κ3) is 4.07. The van der Waals surface area contributed by atoms with Crippen LogP contribution in [0.15, 0.2) is 30.5 Å². The van der Waals surface area contributed by atoms with Gasteiger partial charge in [0.25, 0.3) is 0 Å². The van der Waals surface area contributed by atoms with E-state index in [9.17, 15) is 14.3 Å². The fraction of sp³-hybridized carbons (Fsp3) is 0.400. The number of aromatic nitrogens is 4. The molecule has 0 atom stereocenters. The van der Waals surface area contributed by atoms with Crippen molar-refractivity contribution in [1.29, 1.82) is 0 Å². The lowest BCUT2D eigenvalue weighted by molar-refractivity contribution is -0.142. The van der Waals surface area contributed by atoms with Gasteiger partial charge in [-0.25, -0.2) is 9.37 Å². The van der Waals surface area contributed by atoms with Crippen molar-refractivity contribution in [3.8, 4) is 5.69 Å². The average Bonchev–Trinajstić information content (AvgIpc) is 3.39. The first-order valence-electron chi connectivity index (χ1n) is 11.8. The summed E-state index contributed by atoms with van der Waals surface area (Å²) in [5.41, 5.74) is 5.18. The average molecular weight is 464 g/mol. The lowest BCUT2D eigenvalue weighted by Crippen LogP contribution is -2.28. The minimum absolute atomic E-state index is 0.00687. The summed E-state index contributed by atoms with van der Waals surface area (Å²) < 4.78 is 16.7. The summed E-state index contributed by atoms with van der Waals surface area (Å²) in [6, 6.07) is 6.61. The van der Waals surface area contributed by atoms with Gasteiger partial charge in [0.05, 0.1) is 46.7 Å². The normalized spacial score (nSPS) is 19.1. The Labute approximate surface area is 206 Å². The van der Waals surface area contributed by atoms with Crippen LogP contribution in [0, 0.1) is 11.7 Å². The number of hydrogen-bond acceptors (Lipinski definition) is 3. The highest BCUT2D eigenvalue weighted by Crippen LogP contribution is 2.45. The van der Waals surface area contributed by atoms with E-state index in [-0.39, 0.29) is 23.3 Å². The summed E-state index contributed by atoms with van der Waals surface area (Å²) in [6.07, 6.45) is 4.46. The van der Waals surface area contributed by atoms with E-state index in [1.807, 2.05) is 6.07 Å². The largest absolute Gasteiger partial charge is 0.481 e. The topological polar surface area (TPSA) is 83.8 Å². The van der Waals surface area contributed by atoms with Crippen LogP contribution in [-0.4, -0.2) is 54.4 Å². The monoisotopic (exact) mass is 464 g/mol. The molecule has 0 spiro atoms. The smallest absolute Gasteiger partial charge is 0.306 e. The predicted molar refractivity (Wildman–Crippen MR) is 136 cm³/mol. The highest BCUT2D eigenvalue weighted by molar-refractivity contribution is 6.58. The number of rotatable bonds is 5. The number of nitrogens with one attached hydrogen (secondary N) is 1. The van der Waals surface area contributed by atoms with E-state index in [0.29, 0.717) is 24.2 Å². The Hall–Kier alpha value is -3.03. The fourth-order valence-electron chi connectivity index (χ4n) is 5.47. The molecule has 1 saturated carbocycles. The number of nitrogens with zero attached hydrogens (tertiary/aromatic N) is 3. The van der Waals surface area contributed by atoms with Crippen LogP contribution in [0.2, 0.25) is 0 Å². The van der Waals surface area contributed by atoms with Crippen LogP contribution in [0.5, 0.6) is 0 Å². The van der Waals surface area contributed by atoms with Gasteiger partial charge in [0.2, 0.25) is 0 Å². The van der Waals surface area contributed by atoms with Crippen molar-refractivity contribution < 1.29 is 14.3 Å². The molecule has 0 unspecified atom stereocenters. The summed E-state index contributed by atoms with van der Waals surface area (Å²) >= 11 is 0. The van der Waals surface area contributed by atoms with Gasteiger partial charge in [-0.05, 0) is 67.3 Å². The van der Waals surface area contributed by atoms with Crippen LogP contribution in [0.3, 0.4) is 0 Å². The van der Waals surface area contributed by atoms with E-state index < -0.39 is 16.9 Å². The molecule has 0 bridgehead atoms. The molecule has 1 aliphatic rings. The zero-order valence-electron chi connectivity index (χ0n) is 19.8. The molecule has 6 nitrogen and oxygen atoms in total. The second-order valence-corrected chi connectivity index (χ2v) is 9.94. The summed E-state index contributed by atoms with van der Waals surface area (Å²) in [7, 11) is 17.6. The Morgan fingerprint density at radius 1 is 1.20 bits per heavy atom. The van der Waals surface area contributed by atoms with Gasteiger partial charge in [-0.3, -0.25) is 9.89 Å². The number of carboxylic acids is 1. The maximum absolute atomic E-state index is 14.6. The molecule has 172 valence electrons. The van der Waals surface area contributed by atoms with Crippen molar-refractivity contribution in [2.24, 2.45) is 5.92 Å². The van der Waals surface area contributed by atoms with Crippen LogP contribution in [0.1, 0.15) is 68.2 Å². The lowest BCUT2D eigenvalue weighted by Gasteiger charge is -2.28. The maximum Gasteiger partial charge on any atom is 0.306 e. The summed E-state index contributed by atoms with van der Waals surface area (Å²) in [5, 5.41) is 15.6. The summed E-state index contributed by atoms with van der Waals surface area (Å²) in [6.45, 7) is 4.21. The Kier molecular flexibility index (Phi) is 5.81. The first-order chi connectivity index (χ1) is 16.6. The van der Waals surface area contributed by atoms with Crippen LogP contribution < -0.4 is 0 Å². The van der Waals surface area contributed by atoms with E-state index in [1.165, 1.54) is 6.07 Å². The third-order valence-corrected chi connectivity index (χ3v) is 7.13. The molecule has 1 aromatic carbocycles. The Morgan fingerprint density at radius 2 is 1.91 bits per heavy atom. The molecule has 0 aliphatic heterocycles. The van der Waals surface area contributed by atoms with E-state index >= 15 is 0 Å². The third-order valence-electron chi connectivity index (χ3n) is 7.13. The van der Waals surface area contributed by atoms with Gasteiger partial charge < -0.3 is 9.67 Å². The molecule has 0 saturated heterocycles. The number of hydrogen-bond donors (Lipinski definition) is 2. The number of pyridine rings is 1. The van der Waals surface area contributed by atoms with Crippen molar-refractivity contribution in [2.45, 2.75) is 56.5 Å². The van der Waals surface area contributed by atoms with Gasteiger partial charge in [-0.15, -0.1) is 5.11 Å². The van der Waals surface area contributed by atoms with Crippen molar-refractivity contribution in [3.05, 3.63) is 53.1 Å². The SMILES string of the molecule is [B]C([B])([B])c1cc(-n2c(C(C)C)c(C3CCC(C(=O)O)CC3)c3nc4[nH]ncc4cc32)ccc1F. The molecule has 35 heavy (non-hydrogen) atoms. The molecular weight excluding hydrogens is 440 g/mol. The zero-order valence-corrected chi connectivity index (χ0v) is 19.8. The minimum atomic E-state index is -1.84. The number of carboxylic acid groups (broad SMARTS) is 1. The van der Waals surface area contributed by atoms with Gasteiger partial charge in [0, 0.05) is 22.3 Å². The number of carbonyl (C=O) groups is 1. The van der Waals surface area contributed by atoms with E-state index in [2.05, 4.69) is 28.6 Å². The van der Waals surface area contributed by atoms with Crippen LogP contribution in [0.4, 0.5) is 4.39 Å². The van der Waals surface area contributed by atoms with E-state index in [4.69, 9.17) is 28.5 Å². The van der Waals surface area contributed by atoms with Gasteiger partial charge in [-0.2, -0.15) is 5.10 Å². The van der Waals surface area contributed by atoms with Gasteiger partial charge in [0.15, 0.2) is 5.65 Å². The quantitative estimate of drug-likeness (QED) is 0.436. The standard InChI is InChI=1S/C25H24B3FN4O2/c1-12(2)22-20(13-3-5-14(6-4-13)24(34)35)21-19(9-15-11-30-32-23(15)31-21)33(22)16-7-8-18(29)17(10-16)25(26,27)28/h7-14H,3-6H2,1-2H3,(H,34,35)(H,30,31,32). The van der Waals surface area contributed by atoms with E-state index in [1.54, 1.807) is 18.3 Å². The Balaban J connectivity index is 1.78. The molecule has 10 heteroatoms. The number of H-pyrrole nitrogens is 1. The van der Waals surface area contributed by atoms with Crippen molar-refractivity contribution >= 4 is 51.6 Å². The number of halogens is 1. The van der Waals surface area contributed by atoms with Crippen LogP contribution >= 0.6 is 0 Å². The van der Waals surface area contributed by atoms with Crippen molar-refractivity contribution in [1.82, 2.24) is 19.7 Å². The second kappa shape index (κ2) is 8.57. The molecule has 6 radical (unpaired) electrons. The molecule has 1 aliphatic carbocycles. The van der Waals surface area contributed by atoms with Gasteiger partial charge >= 0.3 is 5.97 Å². The highest BCUT2D eigenvalue weighted by Gasteiger charge is 2.33. The molecule has 2 N–H and O–H groups in total. The number of aliphatic carboxylic acids is 1. The molecule has 1 fully saturated rings. The summed E-state index contributed by atoms with van der Waals surface area (Å²) in [5.74, 6) is -1.39. The Morgan fingerprint density at radius 3 is 2.54 bits per heavy atom. The van der Waals surface area contributed by atoms with Crippen molar-refractivity contribution in [3.63, 3.8) is 0 Å². The van der Waals surface area contributed by atoms with Crippen molar-refractivity contribution in [2.75, 3.05) is 0 Å². The Bertz CT molecular complexity index is 1430. The van der Waals surface area contributed by atoms with Crippen LogP contribution in [0.25, 0.3) is 27.8 Å². The first-order valence-corrected chi connectivity index (χ1v) is 11.8. The number of fused-ring (bicyclic) bond motifs is 2. The summed E-state index contributed by atoms with van der Waals surface area (Å²) in [4.78, 5) is 16.5. The first kappa shape index (κ1) is 23.7. The minimum Gasteiger partial charge on any atom is -0.481 e. The second-order valence-electron chi connectivity index (χ2n) is 9.94. The molecule has 3 aromatic heterocycles. The number of aromatic amines is 1. The van der Waals surface area contributed by atoms with Gasteiger partial charge in [0.1, 0.15) is 5.82 Å². The molecular formula is C25H24B3FN4O2. The molecule has 4 aromatic rings. The highest BCUT2D eigenvalue weighted by atomic mass is 19.1. The number of benzene rings is 1. The lowest BCUT2D eigenvalue weighted by atomic mass is 9.40.